The molecule has 0 spiro atoms. The first kappa shape index (κ1) is 20.1. The first-order valence-corrected chi connectivity index (χ1v) is 8.98. The van der Waals surface area contributed by atoms with Crippen LogP contribution in [0.4, 0.5) is 0 Å². The van der Waals surface area contributed by atoms with Crippen molar-refractivity contribution in [3.05, 3.63) is 65.5 Å². The number of amides is 1. The highest BCUT2D eigenvalue weighted by molar-refractivity contribution is 5.96. The molecule has 0 aliphatic heterocycles. The lowest BCUT2D eigenvalue weighted by Gasteiger charge is -2.10. The van der Waals surface area contributed by atoms with E-state index in [0.29, 0.717) is 22.8 Å². The second kappa shape index (κ2) is 9.01. The lowest BCUT2D eigenvalue weighted by Crippen LogP contribution is -2.31. The van der Waals surface area contributed by atoms with Gasteiger partial charge in [-0.2, -0.15) is 0 Å². The van der Waals surface area contributed by atoms with Crippen molar-refractivity contribution in [1.29, 1.82) is 0 Å². The molecule has 0 aliphatic carbocycles. The number of nitrogens with one attached hydrogen (secondary N) is 1. The van der Waals surface area contributed by atoms with Crippen molar-refractivity contribution in [2.75, 3.05) is 13.7 Å². The summed E-state index contributed by atoms with van der Waals surface area (Å²) in [6.07, 6.45) is -0.752. The summed E-state index contributed by atoms with van der Waals surface area (Å²) in [6, 6.07) is 14.2. The molecule has 0 saturated heterocycles. The molecule has 8 nitrogen and oxygen atoms in total. The number of esters is 1. The predicted molar refractivity (Wildman–Crippen MR) is 104 cm³/mol. The molecule has 1 amide bonds. The lowest BCUT2D eigenvalue weighted by molar-refractivity contribution is -0.148. The number of carbonyl (C=O) groups excluding carboxylic acids is 2. The van der Waals surface area contributed by atoms with E-state index < -0.39 is 12.1 Å². The Morgan fingerprint density at radius 3 is 2.59 bits per heavy atom. The van der Waals surface area contributed by atoms with Gasteiger partial charge in [0.25, 0.3) is 11.8 Å². The first-order chi connectivity index (χ1) is 14.0. The minimum absolute atomic E-state index is 0.161. The van der Waals surface area contributed by atoms with E-state index in [2.05, 4.69) is 15.5 Å². The maximum Gasteiger partial charge on any atom is 0.326 e. The van der Waals surface area contributed by atoms with Gasteiger partial charge in [-0.25, -0.2) is 0 Å². The van der Waals surface area contributed by atoms with Gasteiger partial charge >= 0.3 is 5.97 Å². The molecule has 1 heterocycles. The summed E-state index contributed by atoms with van der Waals surface area (Å²) in [5.74, 6) is 0.219. The highest BCUT2D eigenvalue weighted by atomic mass is 16.6. The van der Waals surface area contributed by atoms with E-state index in [4.69, 9.17) is 13.9 Å². The number of rotatable bonds is 7. The quantitative estimate of drug-likeness (QED) is 0.613. The lowest BCUT2D eigenvalue weighted by atomic mass is 10.1. The Bertz CT molecular complexity index is 998. The van der Waals surface area contributed by atoms with Crippen LogP contribution in [0.3, 0.4) is 0 Å². The molecule has 1 atom stereocenters. The third-order valence-electron chi connectivity index (χ3n) is 4.11. The molecule has 3 rings (SSSR count). The first-order valence-electron chi connectivity index (χ1n) is 8.98. The van der Waals surface area contributed by atoms with Crippen molar-refractivity contribution >= 4 is 11.9 Å². The van der Waals surface area contributed by atoms with Crippen LogP contribution < -0.4 is 10.1 Å². The van der Waals surface area contributed by atoms with Crippen LogP contribution in [0, 0.1) is 6.92 Å². The number of nitrogens with zero attached hydrogens (tertiary/aromatic N) is 2. The number of hydrogen-bond donors (Lipinski definition) is 1. The van der Waals surface area contributed by atoms with E-state index in [-0.39, 0.29) is 18.3 Å². The van der Waals surface area contributed by atoms with Crippen LogP contribution in [0.1, 0.15) is 34.8 Å². The molecule has 8 heteroatoms. The molecule has 1 aromatic heterocycles. The summed E-state index contributed by atoms with van der Waals surface area (Å²) in [5, 5.41) is 10.4. The monoisotopic (exact) mass is 395 g/mol. The maximum absolute atomic E-state index is 12.1. The van der Waals surface area contributed by atoms with Crippen molar-refractivity contribution in [2.24, 2.45) is 0 Å². The normalized spacial score (nSPS) is 11.6. The van der Waals surface area contributed by atoms with Gasteiger partial charge in [-0.1, -0.05) is 17.7 Å². The van der Waals surface area contributed by atoms with Crippen LogP contribution in [-0.4, -0.2) is 35.7 Å². The summed E-state index contributed by atoms with van der Waals surface area (Å²) < 4.78 is 16.0. The number of ether oxygens (including phenoxy) is 2. The van der Waals surface area contributed by atoms with Crippen LogP contribution in [-0.2, 0) is 9.53 Å². The van der Waals surface area contributed by atoms with Crippen molar-refractivity contribution in [1.82, 2.24) is 15.5 Å². The van der Waals surface area contributed by atoms with Crippen LogP contribution >= 0.6 is 0 Å². The highest BCUT2D eigenvalue weighted by Crippen LogP contribution is 2.24. The van der Waals surface area contributed by atoms with Crippen LogP contribution in [0.2, 0.25) is 0 Å². The summed E-state index contributed by atoms with van der Waals surface area (Å²) in [7, 11) is 1.58. The fourth-order valence-corrected chi connectivity index (χ4v) is 2.58. The van der Waals surface area contributed by atoms with E-state index in [0.717, 1.165) is 5.56 Å². The van der Waals surface area contributed by atoms with Crippen molar-refractivity contribution in [3.63, 3.8) is 0 Å². The van der Waals surface area contributed by atoms with Gasteiger partial charge in [0, 0.05) is 11.1 Å². The van der Waals surface area contributed by atoms with Crippen molar-refractivity contribution < 1.29 is 23.5 Å². The molecule has 0 bridgehead atoms. The van der Waals surface area contributed by atoms with E-state index in [1.807, 2.05) is 13.0 Å². The minimum Gasteiger partial charge on any atom is -0.497 e. The Labute approximate surface area is 167 Å². The van der Waals surface area contributed by atoms with Gasteiger partial charge in [-0.15, -0.1) is 10.2 Å². The van der Waals surface area contributed by atoms with Crippen LogP contribution in [0.5, 0.6) is 5.75 Å². The molecule has 3 aromatic rings. The van der Waals surface area contributed by atoms with Crippen molar-refractivity contribution in [3.8, 4) is 17.2 Å². The molecule has 0 radical (unpaired) electrons. The number of aryl methyl sites for hydroxylation is 1. The number of carbonyl (C=O) groups is 2. The average molecular weight is 395 g/mol. The zero-order chi connectivity index (χ0) is 20.8. The fraction of sp³-hybridized carbons (Fsp3) is 0.238. The third-order valence-corrected chi connectivity index (χ3v) is 4.11. The van der Waals surface area contributed by atoms with Gasteiger partial charge in [0.05, 0.1) is 7.11 Å². The van der Waals surface area contributed by atoms with Gasteiger partial charge in [0.1, 0.15) is 12.3 Å². The largest absolute Gasteiger partial charge is 0.497 e. The third kappa shape index (κ3) is 5.19. The van der Waals surface area contributed by atoms with Gasteiger partial charge < -0.3 is 19.2 Å². The second-order valence-corrected chi connectivity index (χ2v) is 6.36. The second-order valence-electron chi connectivity index (χ2n) is 6.36. The minimum atomic E-state index is -0.752. The zero-order valence-electron chi connectivity index (χ0n) is 16.3. The Kier molecular flexibility index (Phi) is 6.23. The molecule has 150 valence electrons. The summed E-state index contributed by atoms with van der Waals surface area (Å²) in [5.41, 5.74) is 2.15. The SMILES string of the molecule is COc1ccc(-c2nnc([C@@H](C)OC(=O)CNC(=O)c3cccc(C)c3)o2)cc1. The van der Waals surface area contributed by atoms with Crippen LogP contribution in [0.25, 0.3) is 11.5 Å². The summed E-state index contributed by atoms with van der Waals surface area (Å²) in [4.78, 5) is 24.1. The molecule has 0 aliphatic rings. The number of benzene rings is 2. The fourth-order valence-electron chi connectivity index (χ4n) is 2.58. The van der Waals surface area contributed by atoms with Crippen LogP contribution in [0.15, 0.2) is 52.9 Å². The number of methoxy groups -OCH3 is 1. The summed E-state index contributed by atoms with van der Waals surface area (Å²) >= 11 is 0. The van der Waals surface area contributed by atoms with Gasteiger partial charge in [0.2, 0.25) is 5.89 Å². The van der Waals surface area contributed by atoms with Crippen molar-refractivity contribution in [2.45, 2.75) is 20.0 Å². The Morgan fingerprint density at radius 2 is 1.90 bits per heavy atom. The predicted octanol–water partition coefficient (Wildman–Crippen LogP) is 3.09. The van der Waals surface area contributed by atoms with E-state index >= 15 is 0 Å². The standard InChI is InChI=1S/C21H21N3O5/c1-13-5-4-6-16(11-13)19(26)22-12-18(25)28-14(2)20-23-24-21(29-20)15-7-9-17(27-3)10-8-15/h4-11,14H,12H2,1-3H3,(H,22,26)/t14-/m1/s1. The number of aromatic nitrogens is 2. The Morgan fingerprint density at radius 1 is 1.14 bits per heavy atom. The topological polar surface area (TPSA) is 104 Å². The summed E-state index contributed by atoms with van der Waals surface area (Å²) in [6.45, 7) is 3.24. The Hall–Kier alpha value is -3.68. The number of hydrogen-bond acceptors (Lipinski definition) is 7. The molecule has 0 unspecified atom stereocenters. The van der Waals surface area contributed by atoms with E-state index in [1.165, 1.54) is 0 Å². The highest BCUT2D eigenvalue weighted by Gasteiger charge is 2.19. The smallest absolute Gasteiger partial charge is 0.326 e. The van der Waals surface area contributed by atoms with E-state index in [1.54, 1.807) is 56.5 Å². The molecular formula is C21H21N3O5. The molecule has 2 aromatic carbocycles. The Balaban J connectivity index is 1.54. The molecule has 0 fully saturated rings. The van der Waals surface area contributed by atoms with Gasteiger partial charge in [-0.3, -0.25) is 9.59 Å². The zero-order valence-corrected chi connectivity index (χ0v) is 16.3. The molecular weight excluding hydrogens is 374 g/mol. The van der Waals surface area contributed by atoms with Gasteiger partial charge in [0.15, 0.2) is 6.10 Å². The van der Waals surface area contributed by atoms with E-state index in [9.17, 15) is 9.59 Å². The molecule has 1 N–H and O–H groups in total. The van der Waals surface area contributed by atoms with Gasteiger partial charge in [-0.05, 0) is 50.2 Å². The average Bonchev–Trinajstić information content (AvgIpc) is 3.22. The maximum atomic E-state index is 12.1. The molecule has 0 saturated carbocycles. The molecule has 29 heavy (non-hydrogen) atoms.